The zero-order valence-corrected chi connectivity index (χ0v) is 10.0. The van der Waals surface area contributed by atoms with Crippen molar-refractivity contribution >= 4 is 21.7 Å². The lowest BCUT2D eigenvalue weighted by molar-refractivity contribution is -0.144. The molecular weight excluding hydrogens is 234 g/mol. The van der Waals surface area contributed by atoms with Crippen molar-refractivity contribution in [2.45, 2.75) is 31.1 Å². The highest BCUT2D eigenvalue weighted by atomic mass is 32.2. The average Bonchev–Trinajstić information content (AvgIpc) is 2.93. The number of carboxylic acids is 1. The highest BCUT2D eigenvalue weighted by molar-refractivity contribution is 7.92. The van der Waals surface area contributed by atoms with Gasteiger partial charge in [-0.15, -0.1) is 0 Å². The van der Waals surface area contributed by atoms with Crippen LogP contribution in [0.25, 0.3) is 0 Å². The number of hydrogen-bond donors (Lipinski definition) is 1. The van der Waals surface area contributed by atoms with Gasteiger partial charge >= 0.3 is 5.97 Å². The van der Waals surface area contributed by atoms with Crippen LogP contribution in [0, 0.1) is 0 Å². The van der Waals surface area contributed by atoms with Crippen LogP contribution in [0.5, 0.6) is 0 Å². The van der Waals surface area contributed by atoms with Crippen LogP contribution in [0.3, 0.4) is 0 Å². The quantitative estimate of drug-likeness (QED) is 0.709. The second-order valence-electron chi connectivity index (χ2n) is 4.06. The second-order valence-corrected chi connectivity index (χ2v) is 6.43. The SMILES string of the molecule is CC(C(=O)N(CC(=O)O)C1CC1)S(C)(=O)=O. The van der Waals surface area contributed by atoms with Crippen molar-refractivity contribution in [1.29, 1.82) is 0 Å². The summed E-state index contributed by atoms with van der Waals surface area (Å²) in [4.78, 5) is 23.5. The minimum atomic E-state index is -3.47. The van der Waals surface area contributed by atoms with Crippen molar-refractivity contribution in [3.05, 3.63) is 0 Å². The van der Waals surface area contributed by atoms with Gasteiger partial charge in [0.15, 0.2) is 9.84 Å². The van der Waals surface area contributed by atoms with Crippen molar-refractivity contribution in [2.75, 3.05) is 12.8 Å². The Morgan fingerprint density at radius 3 is 2.25 bits per heavy atom. The van der Waals surface area contributed by atoms with Gasteiger partial charge in [0.05, 0.1) is 0 Å². The molecule has 92 valence electrons. The van der Waals surface area contributed by atoms with Crippen LogP contribution < -0.4 is 0 Å². The lowest BCUT2D eigenvalue weighted by Crippen LogP contribution is -2.44. The van der Waals surface area contributed by atoms with E-state index in [2.05, 4.69) is 0 Å². The first-order valence-electron chi connectivity index (χ1n) is 4.94. The summed E-state index contributed by atoms with van der Waals surface area (Å²) in [6.45, 7) is 0.859. The minimum absolute atomic E-state index is 0.104. The molecule has 1 aliphatic rings. The molecule has 0 bridgehead atoms. The molecule has 1 fully saturated rings. The first-order chi connectivity index (χ1) is 7.23. The molecule has 0 saturated heterocycles. The maximum absolute atomic E-state index is 11.8. The van der Waals surface area contributed by atoms with E-state index in [-0.39, 0.29) is 6.04 Å². The lowest BCUT2D eigenvalue weighted by Gasteiger charge is -2.23. The van der Waals surface area contributed by atoms with Crippen molar-refractivity contribution in [1.82, 2.24) is 4.90 Å². The predicted molar refractivity (Wildman–Crippen MR) is 56.7 cm³/mol. The van der Waals surface area contributed by atoms with Gasteiger partial charge in [0, 0.05) is 12.3 Å². The number of carboxylic acid groups (broad SMARTS) is 1. The molecule has 7 heteroatoms. The van der Waals surface area contributed by atoms with E-state index >= 15 is 0 Å². The molecule has 6 nitrogen and oxygen atoms in total. The minimum Gasteiger partial charge on any atom is -0.480 e. The Balaban J connectivity index is 2.79. The van der Waals surface area contributed by atoms with E-state index in [9.17, 15) is 18.0 Å². The van der Waals surface area contributed by atoms with Gasteiger partial charge in [0.1, 0.15) is 11.8 Å². The van der Waals surface area contributed by atoms with Gasteiger partial charge < -0.3 is 10.0 Å². The summed E-state index contributed by atoms with van der Waals surface area (Å²) < 4.78 is 22.4. The predicted octanol–water partition coefficient (Wildman–Crippen LogP) is -0.505. The molecule has 1 saturated carbocycles. The summed E-state index contributed by atoms with van der Waals surface area (Å²) in [7, 11) is -3.47. The van der Waals surface area contributed by atoms with Gasteiger partial charge in [-0.25, -0.2) is 8.42 Å². The van der Waals surface area contributed by atoms with E-state index in [0.29, 0.717) is 0 Å². The van der Waals surface area contributed by atoms with Gasteiger partial charge in [0.2, 0.25) is 5.91 Å². The smallest absolute Gasteiger partial charge is 0.323 e. The van der Waals surface area contributed by atoms with Crippen LogP contribution >= 0.6 is 0 Å². The molecule has 1 rings (SSSR count). The molecule has 1 aliphatic carbocycles. The number of aliphatic carboxylic acids is 1. The van der Waals surface area contributed by atoms with Crippen LogP contribution in [0.1, 0.15) is 19.8 Å². The van der Waals surface area contributed by atoms with Gasteiger partial charge in [-0.3, -0.25) is 9.59 Å². The topological polar surface area (TPSA) is 91.8 Å². The van der Waals surface area contributed by atoms with Crippen LogP contribution in [-0.2, 0) is 19.4 Å². The summed E-state index contributed by atoms with van der Waals surface area (Å²) in [6.07, 6.45) is 2.46. The third-order valence-electron chi connectivity index (χ3n) is 2.57. The number of amides is 1. The summed E-state index contributed by atoms with van der Waals surface area (Å²) in [5.41, 5.74) is 0. The molecule has 0 aromatic rings. The van der Waals surface area contributed by atoms with Crippen molar-refractivity contribution in [3.63, 3.8) is 0 Å². The van der Waals surface area contributed by atoms with Gasteiger partial charge in [0.25, 0.3) is 0 Å². The lowest BCUT2D eigenvalue weighted by atomic mass is 10.3. The van der Waals surface area contributed by atoms with E-state index in [0.717, 1.165) is 24.0 Å². The summed E-state index contributed by atoms with van der Waals surface area (Å²) in [6, 6.07) is -0.104. The number of rotatable bonds is 5. The average molecular weight is 249 g/mol. The third-order valence-corrected chi connectivity index (χ3v) is 4.05. The third kappa shape index (κ3) is 3.19. The highest BCUT2D eigenvalue weighted by Gasteiger charge is 2.38. The fourth-order valence-corrected chi connectivity index (χ4v) is 1.84. The zero-order valence-electron chi connectivity index (χ0n) is 9.21. The number of nitrogens with zero attached hydrogens (tertiary/aromatic N) is 1. The van der Waals surface area contributed by atoms with E-state index in [4.69, 9.17) is 5.11 Å². The zero-order chi connectivity index (χ0) is 12.5. The number of carbonyl (C=O) groups excluding carboxylic acids is 1. The molecule has 0 aliphatic heterocycles. The van der Waals surface area contributed by atoms with Crippen LogP contribution in [0.2, 0.25) is 0 Å². The Hall–Kier alpha value is -1.11. The number of sulfone groups is 1. The summed E-state index contributed by atoms with van der Waals surface area (Å²) >= 11 is 0. The van der Waals surface area contributed by atoms with Crippen molar-refractivity contribution < 1.29 is 23.1 Å². The maximum atomic E-state index is 11.8. The fourth-order valence-electron chi connectivity index (χ4n) is 1.34. The Bertz CT molecular complexity index is 398. The number of hydrogen-bond acceptors (Lipinski definition) is 4. The van der Waals surface area contributed by atoms with Crippen molar-refractivity contribution in [2.24, 2.45) is 0 Å². The Labute approximate surface area is 94.2 Å². The second kappa shape index (κ2) is 4.40. The molecule has 0 spiro atoms. The van der Waals surface area contributed by atoms with E-state index < -0.39 is 33.5 Å². The van der Waals surface area contributed by atoms with Gasteiger partial charge in [-0.2, -0.15) is 0 Å². The molecular formula is C9H15NO5S. The van der Waals surface area contributed by atoms with Crippen LogP contribution in [0.15, 0.2) is 0 Å². The van der Waals surface area contributed by atoms with Gasteiger partial charge in [-0.05, 0) is 19.8 Å². The molecule has 16 heavy (non-hydrogen) atoms. The van der Waals surface area contributed by atoms with Crippen LogP contribution in [-0.4, -0.2) is 54.4 Å². The standard InChI is InChI=1S/C9H15NO5S/c1-6(16(2,14)15)9(13)10(5-8(11)12)7-3-4-7/h6-7H,3-5H2,1-2H3,(H,11,12). The van der Waals surface area contributed by atoms with E-state index in [1.165, 1.54) is 6.92 Å². The molecule has 1 amide bonds. The molecule has 1 unspecified atom stereocenters. The monoisotopic (exact) mass is 249 g/mol. The van der Waals surface area contributed by atoms with E-state index in [1.807, 2.05) is 0 Å². The highest BCUT2D eigenvalue weighted by Crippen LogP contribution is 2.27. The first kappa shape index (κ1) is 13.0. The maximum Gasteiger partial charge on any atom is 0.323 e. The Morgan fingerprint density at radius 2 is 1.94 bits per heavy atom. The Morgan fingerprint density at radius 1 is 1.44 bits per heavy atom. The van der Waals surface area contributed by atoms with Crippen molar-refractivity contribution in [3.8, 4) is 0 Å². The largest absolute Gasteiger partial charge is 0.480 e. The first-order valence-corrected chi connectivity index (χ1v) is 6.90. The molecule has 0 aromatic heterocycles. The molecule has 1 N–H and O–H groups in total. The summed E-state index contributed by atoms with van der Waals surface area (Å²) in [5.74, 6) is -1.74. The fraction of sp³-hybridized carbons (Fsp3) is 0.778. The molecule has 0 radical (unpaired) electrons. The normalized spacial score (nSPS) is 17.9. The molecule has 0 heterocycles. The number of carbonyl (C=O) groups is 2. The Kier molecular flexibility index (Phi) is 3.57. The summed E-state index contributed by atoms with van der Waals surface area (Å²) in [5, 5.41) is 7.48. The molecule has 1 atom stereocenters. The van der Waals surface area contributed by atoms with E-state index in [1.54, 1.807) is 0 Å². The van der Waals surface area contributed by atoms with Crippen LogP contribution in [0.4, 0.5) is 0 Å². The molecule has 0 aromatic carbocycles. The van der Waals surface area contributed by atoms with Gasteiger partial charge in [-0.1, -0.05) is 0 Å².